The fourth-order valence-electron chi connectivity index (χ4n) is 2.38. The molecule has 5 nitrogen and oxygen atoms in total. The number of rotatable bonds is 5. The molecule has 1 unspecified atom stereocenters. The van der Waals surface area contributed by atoms with Crippen LogP contribution in [0.3, 0.4) is 0 Å². The van der Waals surface area contributed by atoms with Gasteiger partial charge in [-0.05, 0) is 24.6 Å². The van der Waals surface area contributed by atoms with Crippen LogP contribution in [0.5, 0.6) is 0 Å². The maximum atomic E-state index is 11.5. The number of hydrogen-bond acceptors (Lipinski definition) is 5. The van der Waals surface area contributed by atoms with Crippen molar-refractivity contribution in [3.05, 3.63) is 29.8 Å². The van der Waals surface area contributed by atoms with E-state index in [1.807, 2.05) is 18.2 Å². The molecular formula is C14H20N2O3. The van der Waals surface area contributed by atoms with E-state index in [4.69, 9.17) is 9.84 Å². The van der Waals surface area contributed by atoms with Crippen molar-refractivity contribution in [1.82, 2.24) is 5.32 Å². The fraction of sp³-hybridized carbons (Fsp3) is 0.500. The Hall–Kier alpha value is -1.59. The van der Waals surface area contributed by atoms with Gasteiger partial charge in [-0.3, -0.25) is 0 Å². The molecule has 2 rings (SSSR count). The quantitative estimate of drug-likeness (QED) is 0.764. The highest BCUT2D eigenvalue weighted by molar-refractivity contribution is 5.90. The lowest BCUT2D eigenvalue weighted by Gasteiger charge is -2.19. The molecule has 0 spiro atoms. The standard InChI is InChI=1S/C14H20N2O3/c1-19-14(18)11-3-2-4-13(9-11)16-7-5-12(10-16)15-6-8-17/h2-4,9,12,15,17H,5-8,10H2,1H3. The summed E-state index contributed by atoms with van der Waals surface area (Å²) in [6, 6.07) is 7.89. The molecular weight excluding hydrogens is 244 g/mol. The highest BCUT2D eigenvalue weighted by Crippen LogP contribution is 2.21. The summed E-state index contributed by atoms with van der Waals surface area (Å²) in [6.45, 7) is 2.63. The molecule has 0 saturated carbocycles. The van der Waals surface area contributed by atoms with Gasteiger partial charge in [-0.25, -0.2) is 4.79 Å². The number of aliphatic hydroxyl groups excluding tert-OH is 1. The summed E-state index contributed by atoms with van der Waals surface area (Å²) in [4.78, 5) is 13.7. The van der Waals surface area contributed by atoms with Crippen molar-refractivity contribution >= 4 is 11.7 Å². The van der Waals surface area contributed by atoms with Gasteiger partial charge in [0.25, 0.3) is 0 Å². The maximum absolute atomic E-state index is 11.5. The minimum atomic E-state index is -0.309. The average Bonchev–Trinajstić information content (AvgIpc) is 2.93. The average molecular weight is 264 g/mol. The normalized spacial score (nSPS) is 18.6. The van der Waals surface area contributed by atoms with Gasteiger partial charge in [0.2, 0.25) is 0 Å². The summed E-state index contributed by atoms with van der Waals surface area (Å²) in [5.41, 5.74) is 1.61. The van der Waals surface area contributed by atoms with E-state index >= 15 is 0 Å². The number of methoxy groups -OCH3 is 1. The number of anilines is 1. The Labute approximate surface area is 113 Å². The second kappa shape index (κ2) is 6.54. The maximum Gasteiger partial charge on any atom is 0.337 e. The zero-order valence-corrected chi connectivity index (χ0v) is 11.1. The van der Waals surface area contributed by atoms with Gasteiger partial charge in [0.15, 0.2) is 0 Å². The van der Waals surface area contributed by atoms with Gasteiger partial charge in [-0.2, -0.15) is 0 Å². The van der Waals surface area contributed by atoms with Crippen LogP contribution in [0.2, 0.25) is 0 Å². The van der Waals surface area contributed by atoms with Crippen LogP contribution >= 0.6 is 0 Å². The molecule has 1 aliphatic heterocycles. The summed E-state index contributed by atoms with van der Waals surface area (Å²) >= 11 is 0. The molecule has 1 heterocycles. The van der Waals surface area contributed by atoms with Gasteiger partial charge in [-0.15, -0.1) is 0 Å². The number of nitrogens with one attached hydrogen (secondary N) is 1. The fourth-order valence-corrected chi connectivity index (χ4v) is 2.38. The third kappa shape index (κ3) is 3.45. The Balaban J connectivity index is 2.01. The van der Waals surface area contributed by atoms with Crippen molar-refractivity contribution in [3.8, 4) is 0 Å². The van der Waals surface area contributed by atoms with Crippen LogP contribution < -0.4 is 10.2 Å². The van der Waals surface area contributed by atoms with E-state index in [1.54, 1.807) is 6.07 Å². The van der Waals surface area contributed by atoms with Crippen LogP contribution in [0.4, 0.5) is 5.69 Å². The van der Waals surface area contributed by atoms with Gasteiger partial charge in [-0.1, -0.05) is 6.07 Å². The Morgan fingerprint density at radius 3 is 3.16 bits per heavy atom. The molecule has 0 amide bonds. The van der Waals surface area contributed by atoms with Gasteiger partial charge >= 0.3 is 5.97 Å². The van der Waals surface area contributed by atoms with E-state index in [2.05, 4.69) is 10.2 Å². The molecule has 1 atom stereocenters. The van der Waals surface area contributed by atoms with Crippen molar-refractivity contribution < 1.29 is 14.6 Å². The minimum absolute atomic E-state index is 0.161. The molecule has 1 aliphatic rings. The highest BCUT2D eigenvalue weighted by Gasteiger charge is 2.22. The molecule has 0 radical (unpaired) electrons. The Bertz CT molecular complexity index is 436. The van der Waals surface area contributed by atoms with E-state index in [0.717, 1.165) is 25.2 Å². The molecule has 104 valence electrons. The largest absolute Gasteiger partial charge is 0.465 e. The van der Waals surface area contributed by atoms with Crippen LogP contribution in [0, 0.1) is 0 Å². The Kier molecular flexibility index (Phi) is 4.76. The SMILES string of the molecule is COC(=O)c1cccc(N2CCC(NCCO)C2)c1. The lowest BCUT2D eigenvalue weighted by molar-refractivity contribution is 0.0601. The number of carbonyl (C=O) groups is 1. The van der Waals surface area contributed by atoms with Crippen LogP contribution in [-0.2, 0) is 4.74 Å². The molecule has 0 aliphatic carbocycles. The van der Waals surface area contributed by atoms with Crippen molar-refractivity contribution in [2.75, 3.05) is 38.3 Å². The lowest BCUT2D eigenvalue weighted by Crippen LogP contribution is -2.34. The van der Waals surface area contributed by atoms with Crippen LogP contribution in [0.15, 0.2) is 24.3 Å². The predicted octanol–water partition coefficient (Wildman–Crippen LogP) is 0.634. The van der Waals surface area contributed by atoms with E-state index < -0.39 is 0 Å². The summed E-state index contributed by atoms with van der Waals surface area (Å²) in [7, 11) is 1.39. The lowest BCUT2D eigenvalue weighted by atomic mass is 10.2. The zero-order valence-electron chi connectivity index (χ0n) is 11.1. The zero-order chi connectivity index (χ0) is 13.7. The first-order valence-electron chi connectivity index (χ1n) is 6.52. The molecule has 1 aromatic rings. The van der Waals surface area contributed by atoms with E-state index in [1.165, 1.54) is 7.11 Å². The number of ether oxygens (including phenoxy) is 1. The second-order valence-electron chi connectivity index (χ2n) is 4.65. The molecule has 1 fully saturated rings. The summed E-state index contributed by atoms with van der Waals surface area (Å²) in [5.74, 6) is -0.309. The van der Waals surface area contributed by atoms with Crippen molar-refractivity contribution in [2.45, 2.75) is 12.5 Å². The smallest absolute Gasteiger partial charge is 0.337 e. The number of hydrogen-bond donors (Lipinski definition) is 2. The predicted molar refractivity (Wildman–Crippen MR) is 73.5 cm³/mol. The van der Waals surface area contributed by atoms with E-state index in [-0.39, 0.29) is 12.6 Å². The number of nitrogens with zero attached hydrogens (tertiary/aromatic N) is 1. The van der Waals surface area contributed by atoms with E-state index in [9.17, 15) is 4.79 Å². The van der Waals surface area contributed by atoms with Crippen molar-refractivity contribution in [1.29, 1.82) is 0 Å². The van der Waals surface area contributed by atoms with Gasteiger partial charge in [0.05, 0.1) is 19.3 Å². The van der Waals surface area contributed by atoms with Gasteiger partial charge in [0, 0.05) is 31.4 Å². The van der Waals surface area contributed by atoms with Crippen molar-refractivity contribution in [2.24, 2.45) is 0 Å². The Morgan fingerprint density at radius 2 is 2.42 bits per heavy atom. The van der Waals surface area contributed by atoms with Gasteiger partial charge < -0.3 is 20.1 Å². The third-order valence-electron chi connectivity index (χ3n) is 3.37. The molecule has 0 bridgehead atoms. The summed E-state index contributed by atoms with van der Waals surface area (Å²) in [6.07, 6.45) is 1.04. The van der Waals surface area contributed by atoms with Crippen LogP contribution in [0.1, 0.15) is 16.8 Å². The number of benzene rings is 1. The molecule has 2 N–H and O–H groups in total. The molecule has 19 heavy (non-hydrogen) atoms. The molecule has 1 saturated heterocycles. The summed E-state index contributed by atoms with van der Waals surface area (Å²) < 4.78 is 4.73. The first-order valence-corrected chi connectivity index (χ1v) is 6.52. The first kappa shape index (κ1) is 13.8. The molecule has 0 aromatic heterocycles. The van der Waals surface area contributed by atoms with Crippen LogP contribution in [0.25, 0.3) is 0 Å². The number of aliphatic hydroxyl groups is 1. The Morgan fingerprint density at radius 1 is 1.58 bits per heavy atom. The number of esters is 1. The summed E-state index contributed by atoms with van der Waals surface area (Å²) in [5, 5.41) is 12.1. The monoisotopic (exact) mass is 264 g/mol. The third-order valence-corrected chi connectivity index (χ3v) is 3.37. The van der Waals surface area contributed by atoms with Gasteiger partial charge in [0.1, 0.15) is 0 Å². The minimum Gasteiger partial charge on any atom is -0.465 e. The molecule has 5 heteroatoms. The molecule has 1 aromatic carbocycles. The highest BCUT2D eigenvalue weighted by atomic mass is 16.5. The second-order valence-corrected chi connectivity index (χ2v) is 4.65. The topological polar surface area (TPSA) is 61.8 Å². The van der Waals surface area contributed by atoms with Crippen molar-refractivity contribution in [3.63, 3.8) is 0 Å². The van der Waals surface area contributed by atoms with E-state index in [0.29, 0.717) is 18.2 Å². The van der Waals surface area contributed by atoms with Crippen LogP contribution in [-0.4, -0.2) is 50.5 Å². The number of carbonyl (C=O) groups excluding carboxylic acids is 1. The first-order chi connectivity index (χ1) is 9.24.